The molecular formula is C12H14ClN5. The minimum absolute atomic E-state index is 0.368. The van der Waals surface area contributed by atoms with Gasteiger partial charge in [-0.2, -0.15) is 4.98 Å². The van der Waals surface area contributed by atoms with Crippen LogP contribution < -0.4 is 16.2 Å². The predicted octanol–water partition coefficient (Wildman–Crippen LogP) is 2.15. The Hall–Kier alpha value is -1.85. The topological polar surface area (TPSA) is 67.1 Å². The smallest absolute Gasteiger partial charge is 0.228 e. The fourth-order valence-corrected chi connectivity index (χ4v) is 1.86. The zero-order chi connectivity index (χ0) is 13.1. The van der Waals surface area contributed by atoms with E-state index in [0.29, 0.717) is 22.5 Å². The lowest BCUT2D eigenvalue weighted by Crippen LogP contribution is -2.17. The van der Waals surface area contributed by atoms with Gasteiger partial charge in [0.1, 0.15) is 5.15 Å². The molecule has 0 aliphatic rings. The molecule has 1 heterocycles. The number of benzene rings is 1. The summed E-state index contributed by atoms with van der Waals surface area (Å²) >= 11 is 6.22. The quantitative estimate of drug-likeness (QED) is 0.505. The molecule has 1 aromatic carbocycles. The Kier molecular flexibility index (Phi) is 3.64. The molecule has 3 N–H and O–H groups in total. The first kappa shape index (κ1) is 12.6. The molecule has 2 rings (SSSR count). The molecule has 6 heteroatoms. The van der Waals surface area contributed by atoms with Gasteiger partial charge in [-0.3, -0.25) is 0 Å². The molecule has 94 valence electrons. The van der Waals surface area contributed by atoms with Crippen molar-refractivity contribution < 1.29 is 0 Å². The highest BCUT2D eigenvalue weighted by Crippen LogP contribution is 2.33. The van der Waals surface area contributed by atoms with Crippen molar-refractivity contribution in [2.24, 2.45) is 5.84 Å². The maximum absolute atomic E-state index is 6.22. The Morgan fingerprint density at radius 3 is 2.39 bits per heavy atom. The molecule has 0 aliphatic heterocycles. The highest BCUT2D eigenvalue weighted by Gasteiger charge is 2.14. The minimum atomic E-state index is 0.368. The Bertz CT molecular complexity index is 542. The first-order valence-corrected chi connectivity index (χ1v) is 5.78. The second kappa shape index (κ2) is 5.20. The fourth-order valence-electron chi connectivity index (χ4n) is 1.59. The van der Waals surface area contributed by atoms with E-state index < -0.39 is 0 Å². The molecule has 0 atom stereocenters. The third-order valence-corrected chi connectivity index (χ3v) is 2.73. The van der Waals surface area contributed by atoms with Crippen LogP contribution >= 0.6 is 11.6 Å². The summed E-state index contributed by atoms with van der Waals surface area (Å²) in [6.45, 7) is 0. The van der Waals surface area contributed by atoms with Gasteiger partial charge in [0.15, 0.2) is 5.82 Å². The van der Waals surface area contributed by atoms with Crippen LogP contribution in [0.15, 0.2) is 30.3 Å². The molecule has 0 unspecified atom stereocenters. The Labute approximate surface area is 111 Å². The zero-order valence-electron chi connectivity index (χ0n) is 10.2. The number of hydrazine groups is 1. The van der Waals surface area contributed by atoms with Crippen molar-refractivity contribution in [2.45, 2.75) is 0 Å². The highest BCUT2D eigenvalue weighted by molar-refractivity contribution is 6.32. The second-order valence-electron chi connectivity index (χ2n) is 3.94. The van der Waals surface area contributed by atoms with Gasteiger partial charge in [0.25, 0.3) is 0 Å². The van der Waals surface area contributed by atoms with Gasteiger partial charge in [-0.15, -0.1) is 0 Å². The number of hydrogen-bond donors (Lipinski definition) is 2. The van der Waals surface area contributed by atoms with Crippen molar-refractivity contribution >= 4 is 23.4 Å². The fraction of sp³-hybridized carbons (Fsp3) is 0.167. The van der Waals surface area contributed by atoms with E-state index in [-0.39, 0.29) is 0 Å². The molecule has 5 nitrogen and oxygen atoms in total. The van der Waals surface area contributed by atoms with Crippen LogP contribution in [0.1, 0.15) is 0 Å². The lowest BCUT2D eigenvalue weighted by Gasteiger charge is -2.15. The van der Waals surface area contributed by atoms with E-state index in [0.717, 1.165) is 5.56 Å². The Morgan fingerprint density at radius 1 is 1.17 bits per heavy atom. The lowest BCUT2D eigenvalue weighted by atomic mass is 10.1. The monoisotopic (exact) mass is 263 g/mol. The molecule has 0 bridgehead atoms. The zero-order valence-corrected chi connectivity index (χ0v) is 10.9. The molecular weight excluding hydrogens is 250 g/mol. The van der Waals surface area contributed by atoms with Crippen LogP contribution in [-0.2, 0) is 0 Å². The summed E-state index contributed by atoms with van der Waals surface area (Å²) < 4.78 is 0. The SMILES string of the molecule is CN(C)c1nc(Cl)c(-c2ccccc2)c(NN)n1. The van der Waals surface area contributed by atoms with Gasteiger partial charge in [0.05, 0.1) is 5.56 Å². The average Bonchev–Trinajstić information content (AvgIpc) is 2.38. The Morgan fingerprint density at radius 2 is 1.83 bits per heavy atom. The summed E-state index contributed by atoms with van der Waals surface area (Å²) in [6.07, 6.45) is 0. The number of hydrogen-bond acceptors (Lipinski definition) is 5. The second-order valence-corrected chi connectivity index (χ2v) is 4.30. The van der Waals surface area contributed by atoms with Crippen molar-refractivity contribution in [3.05, 3.63) is 35.5 Å². The summed E-state index contributed by atoms with van der Waals surface area (Å²) in [5.74, 6) is 6.52. The molecule has 18 heavy (non-hydrogen) atoms. The van der Waals surface area contributed by atoms with Gasteiger partial charge in [-0.05, 0) is 5.56 Å². The first-order chi connectivity index (χ1) is 8.63. The number of aromatic nitrogens is 2. The molecule has 0 saturated carbocycles. The van der Waals surface area contributed by atoms with E-state index >= 15 is 0 Å². The summed E-state index contributed by atoms with van der Waals surface area (Å²) in [5.41, 5.74) is 4.18. The molecule has 0 spiro atoms. The average molecular weight is 264 g/mol. The minimum Gasteiger partial charge on any atom is -0.347 e. The van der Waals surface area contributed by atoms with E-state index in [1.807, 2.05) is 44.4 Å². The molecule has 0 saturated heterocycles. The van der Waals surface area contributed by atoms with Crippen LogP contribution in [0.25, 0.3) is 11.1 Å². The molecule has 0 radical (unpaired) electrons. The van der Waals surface area contributed by atoms with E-state index in [9.17, 15) is 0 Å². The highest BCUT2D eigenvalue weighted by atomic mass is 35.5. The predicted molar refractivity (Wildman–Crippen MR) is 74.6 cm³/mol. The first-order valence-electron chi connectivity index (χ1n) is 5.40. The Balaban J connectivity index is 2.61. The number of nitrogens with two attached hydrogens (primary N) is 1. The van der Waals surface area contributed by atoms with Crippen LogP contribution in [-0.4, -0.2) is 24.1 Å². The number of nitrogens with zero attached hydrogens (tertiary/aromatic N) is 3. The van der Waals surface area contributed by atoms with Crippen molar-refractivity contribution in [2.75, 3.05) is 24.4 Å². The third kappa shape index (κ3) is 2.37. The number of rotatable bonds is 3. The van der Waals surface area contributed by atoms with Gasteiger partial charge < -0.3 is 10.3 Å². The van der Waals surface area contributed by atoms with Gasteiger partial charge in [-0.25, -0.2) is 10.8 Å². The van der Waals surface area contributed by atoms with Crippen LogP contribution in [0.5, 0.6) is 0 Å². The van der Waals surface area contributed by atoms with Crippen molar-refractivity contribution in [3.8, 4) is 11.1 Å². The van der Waals surface area contributed by atoms with Crippen molar-refractivity contribution in [3.63, 3.8) is 0 Å². The van der Waals surface area contributed by atoms with Gasteiger partial charge in [0, 0.05) is 14.1 Å². The van der Waals surface area contributed by atoms with Crippen LogP contribution in [0, 0.1) is 0 Å². The van der Waals surface area contributed by atoms with Gasteiger partial charge >= 0.3 is 0 Å². The number of nitrogen functional groups attached to an aromatic ring is 1. The third-order valence-electron chi connectivity index (χ3n) is 2.45. The van der Waals surface area contributed by atoms with Crippen molar-refractivity contribution in [1.29, 1.82) is 0 Å². The van der Waals surface area contributed by atoms with Crippen LogP contribution in [0.3, 0.4) is 0 Å². The van der Waals surface area contributed by atoms with Gasteiger partial charge in [0.2, 0.25) is 5.95 Å². The van der Waals surface area contributed by atoms with Crippen LogP contribution in [0.4, 0.5) is 11.8 Å². The van der Waals surface area contributed by atoms with E-state index in [2.05, 4.69) is 15.4 Å². The maximum atomic E-state index is 6.22. The molecule has 2 aromatic rings. The van der Waals surface area contributed by atoms with E-state index in [1.165, 1.54) is 0 Å². The lowest BCUT2D eigenvalue weighted by molar-refractivity contribution is 0.997. The maximum Gasteiger partial charge on any atom is 0.228 e. The van der Waals surface area contributed by atoms with Crippen molar-refractivity contribution in [1.82, 2.24) is 9.97 Å². The summed E-state index contributed by atoms with van der Waals surface area (Å²) in [7, 11) is 3.68. The molecule has 0 amide bonds. The number of nitrogens with one attached hydrogen (secondary N) is 1. The summed E-state index contributed by atoms with van der Waals surface area (Å²) in [4.78, 5) is 10.3. The standard InChI is InChI=1S/C12H14ClN5/c1-18(2)12-15-10(13)9(11(16-12)17-14)8-6-4-3-5-7-8/h3-7H,14H2,1-2H3,(H,15,16,17). The van der Waals surface area contributed by atoms with Crippen LogP contribution in [0.2, 0.25) is 5.15 Å². The largest absolute Gasteiger partial charge is 0.347 e. The van der Waals surface area contributed by atoms with E-state index in [1.54, 1.807) is 4.90 Å². The van der Waals surface area contributed by atoms with E-state index in [4.69, 9.17) is 17.4 Å². The number of anilines is 2. The molecule has 1 aromatic heterocycles. The normalized spacial score (nSPS) is 10.2. The molecule has 0 fully saturated rings. The summed E-state index contributed by atoms with van der Waals surface area (Å²) in [5, 5.41) is 0.368. The molecule has 0 aliphatic carbocycles. The van der Waals surface area contributed by atoms with Gasteiger partial charge in [-0.1, -0.05) is 41.9 Å². The number of halogens is 1. The summed E-state index contributed by atoms with van der Waals surface area (Å²) in [6, 6.07) is 9.64.